The second kappa shape index (κ2) is 6.45. The molecule has 0 aliphatic rings. The van der Waals surface area contributed by atoms with E-state index in [4.69, 9.17) is 16.3 Å². The Morgan fingerprint density at radius 2 is 1.84 bits per heavy atom. The zero-order valence-electron chi connectivity index (χ0n) is 10.7. The van der Waals surface area contributed by atoms with Crippen LogP contribution in [0, 0.1) is 0 Å². The van der Waals surface area contributed by atoms with Crippen molar-refractivity contribution in [2.75, 3.05) is 12.4 Å². The third kappa shape index (κ3) is 3.40. The number of aromatic hydroxyl groups is 1. The number of hydrogen-bond acceptors (Lipinski definition) is 3. The van der Waals surface area contributed by atoms with Gasteiger partial charge in [0.15, 0.2) is 0 Å². The molecule has 0 aliphatic heterocycles. The molecule has 2 aromatic rings. The Labute approximate surface area is 117 Å². The molecule has 100 valence electrons. The highest BCUT2D eigenvalue weighted by molar-refractivity contribution is 6.32. The van der Waals surface area contributed by atoms with E-state index in [9.17, 15) is 5.11 Å². The number of anilines is 1. The molecule has 0 radical (unpaired) electrons. The summed E-state index contributed by atoms with van der Waals surface area (Å²) < 4.78 is 5.15. The Morgan fingerprint density at radius 1 is 1.11 bits per heavy atom. The van der Waals surface area contributed by atoms with Crippen molar-refractivity contribution in [3.8, 4) is 5.75 Å². The Morgan fingerprint density at radius 3 is 2.63 bits per heavy atom. The van der Waals surface area contributed by atoms with Gasteiger partial charge in [-0.05, 0) is 12.1 Å². The Bertz CT molecular complexity index is 558. The number of nitrogens with one attached hydrogen (secondary N) is 1. The second-order valence-corrected chi connectivity index (χ2v) is 4.60. The molecular weight excluding hydrogens is 262 g/mol. The van der Waals surface area contributed by atoms with Gasteiger partial charge in [0.1, 0.15) is 5.75 Å². The summed E-state index contributed by atoms with van der Waals surface area (Å²) in [7, 11) is 1.67. The minimum absolute atomic E-state index is 0.126. The first-order valence-electron chi connectivity index (χ1n) is 5.99. The largest absolute Gasteiger partial charge is 0.506 e. The van der Waals surface area contributed by atoms with Crippen LogP contribution >= 0.6 is 11.6 Å². The van der Waals surface area contributed by atoms with Gasteiger partial charge in [0.2, 0.25) is 0 Å². The number of ether oxygens (including phenoxy) is 1. The van der Waals surface area contributed by atoms with Gasteiger partial charge >= 0.3 is 0 Å². The van der Waals surface area contributed by atoms with Crippen molar-refractivity contribution in [2.45, 2.75) is 13.2 Å². The Kier molecular flexibility index (Phi) is 4.66. The van der Waals surface area contributed by atoms with Crippen LogP contribution in [0.1, 0.15) is 11.1 Å². The van der Waals surface area contributed by atoms with Crippen molar-refractivity contribution in [3.63, 3.8) is 0 Å². The fourth-order valence-electron chi connectivity index (χ4n) is 1.87. The maximum atomic E-state index is 9.85. The average Bonchev–Trinajstić information content (AvgIpc) is 2.42. The lowest BCUT2D eigenvalue weighted by Gasteiger charge is -2.12. The third-order valence-corrected chi connectivity index (χ3v) is 3.16. The van der Waals surface area contributed by atoms with Crippen LogP contribution in [0.25, 0.3) is 0 Å². The summed E-state index contributed by atoms with van der Waals surface area (Å²) in [6, 6.07) is 13.2. The monoisotopic (exact) mass is 277 g/mol. The number of phenolic OH excluding ortho intramolecular Hbond substituents is 1. The predicted molar refractivity (Wildman–Crippen MR) is 77.6 cm³/mol. The molecule has 0 amide bonds. The molecule has 0 aliphatic carbocycles. The van der Waals surface area contributed by atoms with Gasteiger partial charge in [-0.3, -0.25) is 0 Å². The van der Waals surface area contributed by atoms with Crippen molar-refractivity contribution in [1.82, 2.24) is 0 Å². The maximum Gasteiger partial charge on any atom is 0.139 e. The van der Waals surface area contributed by atoms with Crippen LogP contribution in [-0.4, -0.2) is 12.2 Å². The van der Waals surface area contributed by atoms with E-state index in [1.54, 1.807) is 13.2 Å². The molecule has 0 saturated heterocycles. The van der Waals surface area contributed by atoms with E-state index in [1.165, 1.54) is 0 Å². The topological polar surface area (TPSA) is 41.5 Å². The van der Waals surface area contributed by atoms with Crippen molar-refractivity contribution < 1.29 is 9.84 Å². The van der Waals surface area contributed by atoms with Crippen LogP contribution in [0.5, 0.6) is 5.75 Å². The van der Waals surface area contributed by atoms with E-state index in [0.29, 0.717) is 18.2 Å². The van der Waals surface area contributed by atoms with Gasteiger partial charge in [-0.1, -0.05) is 41.9 Å². The molecule has 0 heterocycles. The molecule has 19 heavy (non-hydrogen) atoms. The van der Waals surface area contributed by atoms with Crippen molar-refractivity contribution >= 4 is 17.3 Å². The molecule has 3 nitrogen and oxygen atoms in total. The first-order chi connectivity index (χ1) is 9.22. The first-order valence-corrected chi connectivity index (χ1v) is 6.37. The zero-order valence-corrected chi connectivity index (χ0v) is 11.4. The third-order valence-electron chi connectivity index (χ3n) is 2.86. The van der Waals surface area contributed by atoms with Crippen LogP contribution in [0.4, 0.5) is 5.69 Å². The Hall–Kier alpha value is -1.71. The lowest BCUT2D eigenvalue weighted by atomic mass is 10.1. The van der Waals surface area contributed by atoms with Gasteiger partial charge in [-0.25, -0.2) is 0 Å². The van der Waals surface area contributed by atoms with Crippen LogP contribution < -0.4 is 5.32 Å². The maximum absolute atomic E-state index is 9.85. The normalized spacial score (nSPS) is 10.4. The number of hydrogen-bond donors (Lipinski definition) is 2. The summed E-state index contributed by atoms with van der Waals surface area (Å²) in [4.78, 5) is 0. The number of methoxy groups -OCH3 is 1. The Balaban J connectivity index is 2.12. The number of phenols is 1. The van der Waals surface area contributed by atoms with E-state index < -0.39 is 0 Å². The highest BCUT2D eigenvalue weighted by Gasteiger charge is 2.06. The zero-order chi connectivity index (χ0) is 13.7. The van der Waals surface area contributed by atoms with E-state index >= 15 is 0 Å². The quantitative estimate of drug-likeness (QED) is 0.873. The molecule has 2 aromatic carbocycles. The molecule has 0 spiro atoms. The SMILES string of the molecule is COCc1ccccc1NCc1cccc(Cl)c1O. The standard InChI is InChI=1S/C15H16ClNO2/c1-19-10-12-5-2-3-8-14(12)17-9-11-6-4-7-13(16)15(11)18/h2-8,17-18H,9-10H2,1H3. The van der Waals surface area contributed by atoms with E-state index in [-0.39, 0.29) is 5.75 Å². The van der Waals surface area contributed by atoms with Gasteiger partial charge in [-0.15, -0.1) is 0 Å². The van der Waals surface area contributed by atoms with Crippen molar-refractivity contribution in [1.29, 1.82) is 0 Å². The molecule has 2 rings (SSSR count). The fraction of sp³-hybridized carbons (Fsp3) is 0.200. The van der Waals surface area contributed by atoms with Gasteiger partial charge in [0, 0.05) is 30.5 Å². The highest BCUT2D eigenvalue weighted by atomic mass is 35.5. The molecule has 0 bridgehead atoms. The molecule has 0 fully saturated rings. The minimum atomic E-state index is 0.126. The smallest absolute Gasteiger partial charge is 0.139 e. The lowest BCUT2D eigenvalue weighted by Crippen LogP contribution is -2.03. The van der Waals surface area contributed by atoms with Crippen LogP contribution in [0.3, 0.4) is 0 Å². The van der Waals surface area contributed by atoms with E-state index in [0.717, 1.165) is 16.8 Å². The van der Waals surface area contributed by atoms with Gasteiger partial charge in [0.25, 0.3) is 0 Å². The molecule has 0 unspecified atom stereocenters. The van der Waals surface area contributed by atoms with Gasteiger partial charge in [0.05, 0.1) is 11.6 Å². The number of halogens is 1. The predicted octanol–water partition coefficient (Wildman–Crippen LogP) is 3.80. The summed E-state index contributed by atoms with van der Waals surface area (Å²) in [5.74, 6) is 0.126. The fourth-order valence-corrected chi connectivity index (χ4v) is 2.06. The highest BCUT2D eigenvalue weighted by Crippen LogP contribution is 2.28. The minimum Gasteiger partial charge on any atom is -0.506 e. The van der Waals surface area contributed by atoms with E-state index in [2.05, 4.69) is 5.32 Å². The van der Waals surface area contributed by atoms with Gasteiger partial charge in [-0.2, -0.15) is 0 Å². The average molecular weight is 278 g/mol. The van der Waals surface area contributed by atoms with Gasteiger partial charge < -0.3 is 15.2 Å². The molecule has 2 N–H and O–H groups in total. The van der Waals surface area contributed by atoms with E-state index in [1.807, 2.05) is 36.4 Å². The molecule has 0 saturated carbocycles. The summed E-state index contributed by atoms with van der Waals surface area (Å²) in [5.41, 5.74) is 2.83. The molecule has 0 aromatic heterocycles. The molecule has 4 heteroatoms. The summed E-state index contributed by atoms with van der Waals surface area (Å²) in [6.07, 6.45) is 0. The number of benzene rings is 2. The van der Waals surface area contributed by atoms with Crippen LogP contribution in [0.15, 0.2) is 42.5 Å². The molecule has 0 atom stereocenters. The summed E-state index contributed by atoms with van der Waals surface area (Å²) in [6.45, 7) is 1.05. The second-order valence-electron chi connectivity index (χ2n) is 4.19. The summed E-state index contributed by atoms with van der Waals surface area (Å²) >= 11 is 5.88. The first kappa shape index (κ1) is 13.7. The van der Waals surface area contributed by atoms with Crippen LogP contribution in [-0.2, 0) is 17.9 Å². The van der Waals surface area contributed by atoms with Crippen LogP contribution in [0.2, 0.25) is 5.02 Å². The van der Waals surface area contributed by atoms with Crippen molar-refractivity contribution in [2.24, 2.45) is 0 Å². The van der Waals surface area contributed by atoms with Crippen molar-refractivity contribution in [3.05, 3.63) is 58.6 Å². The number of para-hydroxylation sites is 2. The molecular formula is C15H16ClNO2. The summed E-state index contributed by atoms with van der Waals surface area (Å²) in [5, 5.41) is 13.5. The lowest BCUT2D eigenvalue weighted by molar-refractivity contribution is 0.185. The number of rotatable bonds is 5.